The zero-order valence-corrected chi connectivity index (χ0v) is 22.0. The van der Waals surface area contributed by atoms with E-state index in [1.807, 2.05) is 13.8 Å². The monoisotopic (exact) mass is 616 g/mol. The number of hydrogen-bond acceptors (Lipinski definition) is 1. The first-order chi connectivity index (χ1) is 12.6. The number of halogens is 4. The van der Waals surface area contributed by atoms with Crippen molar-refractivity contribution in [2.24, 2.45) is 5.92 Å². The molecule has 0 aliphatic heterocycles. The predicted molar refractivity (Wildman–Crippen MR) is 128 cm³/mol. The Labute approximate surface area is 194 Å². The molecular weight excluding hydrogens is 600 g/mol. The van der Waals surface area contributed by atoms with Gasteiger partial charge in [0.2, 0.25) is 0 Å². The summed E-state index contributed by atoms with van der Waals surface area (Å²) in [7, 11) is 0. The Bertz CT molecular complexity index is 989. The Kier molecular flexibility index (Phi) is 6.57. The number of hydrogen-bond donors (Lipinski definition) is 0. The van der Waals surface area contributed by atoms with Crippen molar-refractivity contribution in [2.45, 2.75) is 40.5 Å². The van der Waals surface area contributed by atoms with Crippen LogP contribution in [0.5, 0.6) is 0 Å². The van der Waals surface area contributed by atoms with E-state index in [1.54, 1.807) is 0 Å². The molecule has 2 aromatic carbocycles. The molecule has 2 aromatic rings. The molecule has 2 aliphatic rings. The van der Waals surface area contributed by atoms with Crippen LogP contribution in [0, 0.1) is 19.8 Å². The SMILES string of the molecule is CC1=Cc2c(Br)c(C)cc(Br)c2C1.Cc1cc(Br)c2c(c1Br)C(=O)C(C)C2. The second-order valence-corrected chi connectivity index (χ2v) is 10.7. The van der Waals surface area contributed by atoms with Crippen LogP contribution in [0.15, 0.2) is 35.6 Å². The molecule has 0 heterocycles. The van der Waals surface area contributed by atoms with E-state index in [2.05, 4.69) is 95.8 Å². The van der Waals surface area contributed by atoms with Crippen LogP contribution >= 0.6 is 63.7 Å². The van der Waals surface area contributed by atoms with Crippen LogP contribution in [-0.2, 0) is 12.8 Å². The normalized spacial score (nSPS) is 17.3. The topological polar surface area (TPSA) is 17.1 Å². The summed E-state index contributed by atoms with van der Waals surface area (Å²) in [6, 6.07) is 4.24. The third-order valence-corrected chi connectivity index (χ3v) is 8.58. The van der Waals surface area contributed by atoms with Gasteiger partial charge in [-0.2, -0.15) is 0 Å². The summed E-state index contributed by atoms with van der Waals surface area (Å²) in [4.78, 5) is 11.9. The molecule has 2 aliphatic carbocycles. The second-order valence-electron chi connectivity index (χ2n) is 7.36. The highest BCUT2D eigenvalue weighted by molar-refractivity contribution is 9.11. The highest BCUT2D eigenvalue weighted by Crippen LogP contribution is 2.39. The molecule has 0 spiro atoms. The number of ketones is 1. The molecule has 0 amide bonds. The third-order valence-electron chi connectivity index (χ3n) is 5.09. The lowest BCUT2D eigenvalue weighted by molar-refractivity contribution is 0.0945. The van der Waals surface area contributed by atoms with Crippen LogP contribution in [0.2, 0.25) is 0 Å². The molecule has 27 heavy (non-hydrogen) atoms. The summed E-state index contributed by atoms with van der Waals surface area (Å²) in [6.07, 6.45) is 4.19. The highest BCUT2D eigenvalue weighted by atomic mass is 79.9. The van der Waals surface area contributed by atoms with Gasteiger partial charge in [-0.15, -0.1) is 0 Å². The first-order valence-electron chi connectivity index (χ1n) is 8.78. The van der Waals surface area contributed by atoms with E-state index in [-0.39, 0.29) is 11.7 Å². The molecule has 5 heteroatoms. The lowest BCUT2D eigenvalue weighted by Crippen LogP contribution is -2.04. The van der Waals surface area contributed by atoms with E-state index in [4.69, 9.17) is 0 Å². The number of fused-ring (bicyclic) bond motifs is 2. The van der Waals surface area contributed by atoms with Crippen LogP contribution in [0.1, 0.15) is 52.0 Å². The second kappa shape index (κ2) is 8.25. The molecule has 0 saturated carbocycles. The Morgan fingerprint density at radius 1 is 0.889 bits per heavy atom. The zero-order chi connectivity index (χ0) is 20.0. The molecule has 0 bridgehead atoms. The van der Waals surface area contributed by atoms with Gasteiger partial charge in [-0.05, 0) is 105 Å². The minimum atomic E-state index is 0.124. The molecule has 1 unspecified atom stereocenters. The largest absolute Gasteiger partial charge is 0.294 e. The van der Waals surface area contributed by atoms with Gasteiger partial charge < -0.3 is 0 Å². The van der Waals surface area contributed by atoms with Gasteiger partial charge in [-0.3, -0.25) is 4.79 Å². The van der Waals surface area contributed by atoms with E-state index in [0.717, 1.165) is 38.5 Å². The summed E-state index contributed by atoms with van der Waals surface area (Å²) in [5.41, 5.74) is 8.63. The van der Waals surface area contributed by atoms with Crippen molar-refractivity contribution >= 4 is 75.6 Å². The molecule has 4 rings (SSSR count). The average Bonchev–Trinajstić information content (AvgIpc) is 3.13. The zero-order valence-electron chi connectivity index (χ0n) is 15.6. The quantitative estimate of drug-likeness (QED) is 0.290. The number of carbonyl (C=O) groups excluding carboxylic acids is 1. The lowest BCUT2D eigenvalue weighted by Gasteiger charge is -2.07. The van der Waals surface area contributed by atoms with Gasteiger partial charge in [-0.1, -0.05) is 50.4 Å². The van der Waals surface area contributed by atoms with E-state index in [0.29, 0.717) is 0 Å². The minimum Gasteiger partial charge on any atom is -0.294 e. The van der Waals surface area contributed by atoms with Crippen molar-refractivity contribution in [3.8, 4) is 0 Å². The molecule has 0 aromatic heterocycles. The van der Waals surface area contributed by atoms with E-state index in [9.17, 15) is 4.79 Å². The fraction of sp³-hybridized carbons (Fsp3) is 0.318. The standard InChI is InChI=1S/C11H10Br2O.C11H10Br2/c1-5-4-8(12)7-3-6(2)11(14)9(7)10(5)13;1-6-3-8-9(4-6)11(13)7(2)5-10(8)12/h4,6H,3H2,1-2H3;4-5H,3H2,1-2H3. The summed E-state index contributed by atoms with van der Waals surface area (Å²) in [6.45, 7) is 8.28. The maximum atomic E-state index is 11.9. The van der Waals surface area contributed by atoms with Crippen molar-refractivity contribution < 1.29 is 4.79 Å². The van der Waals surface area contributed by atoms with Crippen LogP contribution in [0.3, 0.4) is 0 Å². The fourth-order valence-electron chi connectivity index (χ4n) is 3.61. The van der Waals surface area contributed by atoms with Gasteiger partial charge in [0.05, 0.1) is 0 Å². The van der Waals surface area contributed by atoms with Crippen molar-refractivity contribution in [1.29, 1.82) is 0 Å². The average molecular weight is 620 g/mol. The first-order valence-corrected chi connectivity index (χ1v) is 11.9. The van der Waals surface area contributed by atoms with Crippen molar-refractivity contribution in [1.82, 2.24) is 0 Å². The minimum absolute atomic E-state index is 0.124. The summed E-state index contributed by atoms with van der Waals surface area (Å²) in [5.74, 6) is 0.385. The molecule has 0 fully saturated rings. The van der Waals surface area contributed by atoms with Gasteiger partial charge in [0.25, 0.3) is 0 Å². The number of allylic oxidation sites excluding steroid dienone is 1. The van der Waals surface area contributed by atoms with Gasteiger partial charge in [0.1, 0.15) is 0 Å². The molecule has 1 atom stereocenters. The molecule has 0 saturated heterocycles. The smallest absolute Gasteiger partial charge is 0.167 e. The molecule has 0 N–H and O–H groups in total. The number of carbonyl (C=O) groups is 1. The van der Waals surface area contributed by atoms with Crippen molar-refractivity contribution in [3.05, 3.63) is 69.0 Å². The predicted octanol–water partition coefficient (Wildman–Crippen LogP) is 8.37. The van der Waals surface area contributed by atoms with Gasteiger partial charge in [0.15, 0.2) is 5.78 Å². The number of aryl methyl sites for hydroxylation is 2. The first kappa shape index (κ1) is 21.5. The van der Waals surface area contributed by atoms with Crippen LogP contribution in [0.25, 0.3) is 6.08 Å². The van der Waals surface area contributed by atoms with E-state index in [1.165, 1.54) is 31.2 Å². The van der Waals surface area contributed by atoms with Gasteiger partial charge in [0, 0.05) is 29.4 Å². The Balaban J connectivity index is 0.000000156. The molecular formula is C22H20Br4O. The van der Waals surface area contributed by atoms with Gasteiger partial charge in [-0.25, -0.2) is 0 Å². The summed E-state index contributed by atoms with van der Waals surface area (Å²) < 4.78 is 4.50. The Morgan fingerprint density at radius 2 is 1.44 bits per heavy atom. The number of Topliss-reactive ketones (excluding diaryl/α,β-unsaturated/α-hetero) is 1. The maximum absolute atomic E-state index is 11.9. The van der Waals surface area contributed by atoms with Gasteiger partial charge >= 0.3 is 0 Å². The number of rotatable bonds is 0. The van der Waals surface area contributed by atoms with Crippen molar-refractivity contribution in [3.63, 3.8) is 0 Å². The van der Waals surface area contributed by atoms with Crippen LogP contribution < -0.4 is 0 Å². The summed E-state index contributed by atoms with van der Waals surface area (Å²) >= 11 is 14.2. The van der Waals surface area contributed by atoms with Crippen molar-refractivity contribution in [2.75, 3.05) is 0 Å². The third kappa shape index (κ3) is 4.08. The van der Waals surface area contributed by atoms with Crippen LogP contribution in [-0.4, -0.2) is 5.78 Å². The van der Waals surface area contributed by atoms with Crippen LogP contribution in [0.4, 0.5) is 0 Å². The highest BCUT2D eigenvalue weighted by Gasteiger charge is 2.31. The number of benzene rings is 2. The van der Waals surface area contributed by atoms with E-state index < -0.39 is 0 Å². The lowest BCUT2D eigenvalue weighted by atomic mass is 10.1. The summed E-state index contributed by atoms with van der Waals surface area (Å²) in [5, 5.41) is 0. The molecule has 0 radical (unpaired) electrons. The molecule has 1 nitrogen and oxygen atoms in total. The van der Waals surface area contributed by atoms with E-state index >= 15 is 0 Å². The maximum Gasteiger partial charge on any atom is 0.167 e. The fourth-order valence-corrected chi connectivity index (χ4v) is 6.03. The Morgan fingerprint density at radius 3 is 2.07 bits per heavy atom. The Hall–Kier alpha value is -0.230. The molecule has 142 valence electrons.